The van der Waals surface area contributed by atoms with Gasteiger partial charge in [-0.2, -0.15) is 18.3 Å². The molecule has 2 atom stereocenters. The molecule has 0 radical (unpaired) electrons. The lowest BCUT2D eigenvalue weighted by atomic mass is 9.81. The average molecular weight is 631 g/mol. The zero-order chi connectivity index (χ0) is 33.2. The third-order valence-corrected chi connectivity index (χ3v) is 7.66. The minimum absolute atomic E-state index is 0.218. The molecule has 1 aliphatic rings. The zero-order valence-electron chi connectivity index (χ0n) is 25.5. The summed E-state index contributed by atoms with van der Waals surface area (Å²) >= 11 is 0. The van der Waals surface area contributed by atoms with E-state index in [1.165, 1.54) is 11.0 Å². The van der Waals surface area contributed by atoms with Crippen LogP contribution in [0.25, 0.3) is 5.69 Å². The summed E-state index contributed by atoms with van der Waals surface area (Å²) in [6.45, 7) is 6.19. The third-order valence-electron chi connectivity index (χ3n) is 7.66. The predicted octanol–water partition coefficient (Wildman–Crippen LogP) is 5.24. The SMILES string of the molecule is C=C(CN(C)C)C(=O)Nc1ccccc1[C@@H]1c2cnn(-c3ccccc3)c2N(CC)C(=O)[C@H]1NC(=O)c1cccc(C(F)(F)F)c1. The molecule has 9 nitrogen and oxygen atoms in total. The molecule has 2 N–H and O–H groups in total. The number of hydrogen-bond acceptors (Lipinski definition) is 5. The van der Waals surface area contributed by atoms with E-state index in [-0.39, 0.29) is 12.1 Å². The van der Waals surface area contributed by atoms with Gasteiger partial charge in [-0.15, -0.1) is 0 Å². The Hall–Kier alpha value is -5.23. The van der Waals surface area contributed by atoms with Crippen LogP contribution in [0.5, 0.6) is 0 Å². The van der Waals surface area contributed by atoms with Crippen LogP contribution in [-0.4, -0.2) is 65.6 Å². The molecule has 0 spiro atoms. The van der Waals surface area contributed by atoms with Crippen LogP contribution in [-0.2, 0) is 15.8 Å². The van der Waals surface area contributed by atoms with Crippen molar-refractivity contribution in [3.8, 4) is 5.69 Å². The molecule has 3 aromatic carbocycles. The topological polar surface area (TPSA) is 99.6 Å². The Labute approximate surface area is 264 Å². The Kier molecular flexibility index (Phi) is 9.10. The highest BCUT2D eigenvalue weighted by molar-refractivity contribution is 6.07. The number of alkyl halides is 3. The Morgan fingerprint density at radius 2 is 1.67 bits per heavy atom. The molecule has 3 amide bonds. The number of rotatable bonds is 9. The lowest BCUT2D eigenvalue weighted by molar-refractivity contribution is -0.137. The molecule has 0 unspecified atom stereocenters. The minimum atomic E-state index is -4.66. The lowest BCUT2D eigenvalue weighted by Gasteiger charge is -2.38. The third kappa shape index (κ3) is 6.43. The second-order valence-electron chi connectivity index (χ2n) is 11.1. The van der Waals surface area contributed by atoms with Gasteiger partial charge in [0.15, 0.2) is 0 Å². The van der Waals surface area contributed by atoms with Gasteiger partial charge < -0.3 is 15.5 Å². The maximum atomic E-state index is 14.3. The van der Waals surface area contributed by atoms with E-state index in [1.807, 2.05) is 44.4 Å². The van der Waals surface area contributed by atoms with Crippen LogP contribution < -0.4 is 15.5 Å². The molecule has 0 fully saturated rings. The first-order chi connectivity index (χ1) is 21.9. The number of fused-ring (bicyclic) bond motifs is 1. The van der Waals surface area contributed by atoms with E-state index < -0.39 is 41.4 Å². The summed E-state index contributed by atoms with van der Waals surface area (Å²) < 4.78 is 42.0. The van der Waals surface area contributed by atoms with Gasteiger partial charge in [-0.3, -0.25) is 19.3 Å². The van der Waals surface area contributed by atoms with Gasteiger partial charge in [0.25, 0.3) is 17.7 Å². The van der Waals surface area contributed by atoms with Crippen molar-refractivity contribution in [2.75, 3.05) is 37.4 Å². The standard InChI is InChI=1S/C34H33F3N6O3/c1-5-42-32-26(19-38-43(32)24-14-7-6-8-15-24)28(25-16-9-10-17-27(25)39-30(44)21(2)20-41(3)4)29(33(42)46)40-31(45)22-12-11-13-23(18-22)34(35,36)37/h6-19,28-29H,2,5,20H2,1,3-4H3,(H,39,44)(H,40,45)/t28-,29+/m1/s1. The summed E-state index contributed by atoms with van der Waals surface area (Å²) in [6, 6.07) is 18.9. The van der Waals surface area contributed by atoms with Gasteiger partial charge in [0.2, 0.25) is 0 Å². The first kappa shape index (κ1) is 32.2. The summed E-state index contributed by atoms with van der Waals surface area (Å²) in [6.07, 6.45) is -3.05. The Morgan fingerprint density at radius 1 is 0.978 bits per heavy atom. The molecule has 0 bridgehead atoms. The molecule has 0 saturated carbocycles. The number of carbonyl (C=O) groups is 3. The minimum Gasteiger partial charge on any atom is -0.339 e. The van der Waals surface area contributed by atoms with Crippen molar-refractivity contribution in [2.24, 2.45) is 0 Å². The first-order valence-corrected chi connectivity index (χ1v) is 14.6. The van der Waals surface area contributed by atoms with Gasteiger partial charge in [0.05, 0.1) is 17.4 Å². The summed E-state index contributed by atoms with van der Waals surface area (Å²) in [4.78, 5) is 44.3. The molecule has 2 heterocycles. The van der Waals surface area contributed by atoms with E-state index in [0.29, 0.717) is 40.4 Å². The molecule has 1 aromatic heterocycles. The molecule has 5 rings (SSSR count). The maximum absolute atomic E-state index is 14.3. The van der Waals surface area contributed by atoms with Crippen LogP contribution in [0.15, 0.2) is 97.2 Å². The smallest absolute Gasteiger partial charge is 0.339 e. The van der Waals surface area contributed by atoms with Gasteiger partial charge in [0, 0.05) is 41.4 Å². The van der Waals surface area contributed by atoms with Crippen molar-refractivity contribution >= 4 is 29.2 Å². The first-order valence-electron chi connectivity index (χ1n) is 14.6. The number of halogens is 3. The van der Waals surface area contributed by atoms with Crippen molar-refractivity contribution in [2.45, 2.75) is 25.1 Å². The summed E-state index contributed by atoms with van der Waals surface area (Å²) in [5.41, 5.74) is 1.22. The van der Waals surface area contributed by atoms with E-state index >= 15 is 0 Å². The van der Waals surface area contributed by atoms with Crippen molar-refractivity contribution < 1.29 is 27.6 Å². The quantitative estimate of drug-likeness (QED) is 0.247. The molecular weight excluding hydrogens is 597 g/mol. The monoisotopic (exact) mass is 630 g/mol. The van der Waals surface area contributed by atoms with Gasteiger partial charge >= 0.3 is 6.18 Å². The summed E-state index contributed by atoms with van der Waals surface area (Å²) in [7, 11) is 3.62. The van der Waals surface area contributed by atoms with Gasteiger partial charge in [-0.1, -0.05) is 49.0 Å². The summed E-state index contributed by atoms with van der Waals surface area (Å²) in [5, 5.41) is 10.2. The number of anilines is 2. The average Bonchev–Trinajstić information content (AvgIpc) is 3.46. The number of carbonyl (C=O) groups excluding carboxylic acids is 3. The molecule has 0 aliphatic carbocycles. The highest BCUT2D eigenvalue weighted by Crippen LogP contribution is 2.43. The fourth-order valence-electron chi connectivity index (χ4n) is 5.60. The fourth-order valence-corrected chi connectivity index (χ4v) is 5.60. The van der Waals surface area contributed by atoms with Crippen LogP contribution >= 0.6 is 0 Å². The van der Waals surface area contributed by atoms with E-state index in [0.717, 1.165) is 18.2 Å². The largest absolute Gasteiger partial charge is 0.416 e. The normalized spacial score (nSPS) is 16.2. The fraction of sp³-hybridized carbons (Fsp3) is 0.235. The van der Waals surface area contributed by atoms with E-state index in [9.17, 15) is 27.6 Å². The van der Waals surface area contributed by atoms with Crippen LogP contribution in [0, 0.1) is 0 Å². The predicted molar refractivity (Wildman–Crippen MR) is 169 cm³/mol. The van der Waals surface area contributed by atoms with E-state index in [1.54, 1.807) is 47.0 Å². The Balaban J connectivity index is 1.64. The van der Waals surface area contributed by atoms with Crippen molar-refractivity contribution in [1.29, 1.82) is 0 Å². The molecular formula is C34H33F3N6O3. The number of nitrogens with zero attached hydrogens (tertiary/aromatic N) is 4. The number of para-hydroxylation sites is 2. The lowest BCUT2D eigenvalue weighted by Crippen LogP contribution is -2.55. The number of amides is 3. The second kappa shape index (κ2) is 13.0. The van der Waals surface area contributed by atoms with Crippen LogP contribution in [0.4, 0.5) is 24.7 Å². The molecule has 4 aromatic rings. The molecule has 12 heteroatoms. The Morgan fingerprint density at radius 3 is 2.35 bits per heavy atom. The highest BCUT2D eigenvalue weighted by atomic mass is 19.4. The van der Waals surface area contributed by atoms with Crippen molar-refractivity contribution in [3.63, 3.8) is 0 Å². The number of aromatic nitrogens is 2. The van der Waals surface area contributed by atoms with Gasteiger partial charge in [-0.25, -0.2) is 4.68 Å². The Bertz CT molecular complexity index is 1780. The number of nitrogens with one attached hydrogen (secondary N) is 2. The number of hydrogen-bond donors (Lipinski definition) is 2. The van der Waals surface area contributed by atoms with E-state index in [4.69, 9.17) is 0 Å². The second-order valence-corrected chi connectivity index (χ2v) is 11.1. The van der Waals surface area contributed by atoms with E-state index in [2.05, 4.69) is 22.3 Å². The van der Waals surface area contributed by atoms with Crippen molar-refractivity contribution in [3.05, 3.63) is 119 Å². The highest BCUT2D eigenvalue weighted by Gasteiger charge is 2.45. The van der Waals surface area contributed by atoms with Crippen LogP contribution in [0.3, 0.4) is 0 Å². The number of likely N-dealkylation sites (N-methyl/N-ethyl adjacent to an activating group) is 2. The van der Waals surface area contributed by atoms with Gasteiger partial charge in [0.1, 0.15) is 11.9 Å². The van der Waals surface area contributed by atoms with Gasteiger partial charge in [-0.05, 0) is 63.0 Å². The maximum Gasteiger partial charge on any atom is 0.416 e. The van der Waals surface area contributed by atoms with Crippen LogP contribution in [0.2, 0.25) is 0 Å². The van der Waals surface area contributed by atoms with Crippen LogP contribution in [0.1, 0.15) is 39.9 Å². The van der Waals surface area contributed by atoms with Crippen molar-refractivity contribution in [1.82, 2.24) is 20.0 Å². The zero-order valence-corrected chi connectivity index (χ0v) is 25.5. The molecule has 238 valence electrons. The molecule has 46 heavy (non-hydrogen) atoms. The molecule has 1 aliphatic heterocycles. The number of benzene rings is 3. The summed E-state index contributed by atoms with van der Waals surface area (Å²) in [5.74, 6) is -2.17. The molecule has 0 saturated heterocycles.